The van der Waals surface area contributed by atoms with Gasteiger partial charge in [-0.15, -0.1) is 18.8 Å². The van der Waals surface area contributed by atoms with Crippen molar-refractivity contribution in [3.63, 3.8) is 0 Å². The molecule has 2 radical (unpaired) electrons. The summed E-state index contributed by atoms with van der Waals surface area (Å²) in [5.41, 5.74) is 2.69. The Morgan fingerprint density at radius 2 is 1.14 bits per heavy atom. The molecule has 29 heavy (non-hydrogen) atoms. The molecule has 0 nitrogen and oxygen atoms in total. The van der Waals surface area contributed by atoms with Crippen molar-refractivity contribution in [3.8, 4) is 0 Å². The van der Waals surface area contributed by atoms with E-state index in [4.69, 9.17) is 0 Å². The van der Waals surface area contributed by atoms with Gasteiger partial charge in [-0.2, -0.15) is 6.08 Å². The maximum atomic E-state index is 2.99. The molecule has 0 N–H and O–H groups in total. The molecule has 1 aliphatic carbocycles. The van der Waals surface area contributed by atoms with E-state index in [0.717, 1.165) is 6.42 Å². The smallest absolute Gasteiger partial charge is 0.358 e. The summed E-state index contributed by atoms with van der Waals surface area (Å²) in [6.45, 7) is 9.16. The fraction of sp³-hybridized carbons (Fsp3) is 0.200. The van der Waals surface area contributed by atoms with Crippen molar-refractivity contribution < 1.29 is 17.4 Å². The Bertz CT molecular complexity index is 609. The Hall–Kier alpha value is -0.611. The van der Waals surface area contributed by atoms with Crippen LogP contribution in [0, 0.1) is 49.6 Å². The van der Waals surface area contributed by atoms with Gasteiger partial charge in [-0.05, 0) is 24.5 Å². The van der Waals surface area contributed by atoms with Gasteiger partial charge in [-0.25, -0.2) is 12.2 Å². The Morgan fingerprint density at radius 3 is 1.34 bits per heavy atom. The third-order valence-electron chi connectivity index (χ3n) is 3.62. The molecule has 0 fully saturated rings. The van der Waals surface area contributed by atoms with Gasteiger partial charge in [0.05, 0.1) is 8.46 Å². The third-order valence-corrected chi connectivity index (χ3v) is 10.4. The molecule has 0 spiro atoms. The molecule has 0 amide bonds. The molecule has 2 aromatic rings. The molecule has 1 aliphatic rings. The molecule has 0 saturated heterocycles. The van der Waals surface area contributed by atoms with Gasteiger partial charge in [0.1, 0.15) is 0 Å². The Balaban J connectivity index is -0.000000155. The average molecular weight is 485 g/mol. The van der Waals surface area contributed by atoms with Crippen LogP contribution in [-0.4, -0.2) is 8.46 Å². The Morgan fingerprint density at radius 1 is 0.759 bits per heavy atom. The van der Waals surface area contributed by atoms with Crippen LogP contribution in [0.25, 0.3) is 0 Å². The number of allylic oxidation sites excluding steroid dienone is 4. The van der Waals surface area contributed by atoms with Gasteiger partial charge in [0, 0.05) is 0 Å². The van der Waals surface area contributed by atoms with Gasteiger partial charge in [-0.1, -0.05) is 80.2 Å². The monoisotopic (exact) mass is 484 g/mol. The summed E-state index contributed by atoms with van der Waals surface area (Å²) in [5, 5.41) is 3.05. The number of rotatable bonds is 3. The number of halogens is 1. The van der Waals surface area contributed by atoms with Gasteiger partial charge in [0.25, 0.3) is 0 Å². The average Bonchev–Trinajstić information content (AvgIpc) is 3.11. The quantitative estimate of drug-likeness (QED) is 0.240. The second-order valence-electron chi connectivity index (χ2n) is 5.96. The number of benzene rings is 2. The van der Waals surface area contributed by atoms with Crippen molar-refractivity contribution in [2.75, 3.05) is 0 Å². The van der Waals surface area contributed by atoms with Crippen LogP contribution in [-0.2, 0) is 17.4 Å². The maximum absolute atomic E-state index is 2.99. The van der Waals surface area contributed by atoms with Crippen LogP contribution in [0.3, 0.4) is 0 Å². The minimum absolute atomic E-state index is 0. The second kappa shape index (κ2) is 20.7. The first-order chi connectivity index (χ1) is 11.1. The molecular weight excluding hydrogens is 447 g/mol. The fourth-order valence-electron chi connectivity index (χ4n) is 2.39. The third kappa shape index (κ3) is 13.3. The van der Waals surface area contributed by atoms with E-state index in [9.17, 15) is 0 Å². The molecule has 0 unspecified atom stereocenters. The van der Waals surface area contributed by atoms with Gasteiger partial charge in [0.2, 0.25) is 0 Å². The summed E-state index contributed by atoms with van der Waals surface area (Å²) in [6.07, 6.45) is 10.0. The van der Waals surface area contributed by atoms with Gasteiger partial charge >= 0.3 is 17.4 Å². The molecule has 0 heterocycles. The fourth-order valence-corrected chi connectivity index (χ4v) is 8.61. The Kier molecular flexibility index (Phi) is 27.7. The molecule has 4 heteroatoms. The van der Waals surface area contributed by atoms with E-state index < -0.39 is 0 Å². The van der Waals surface area contributed by atoms with E-state index in [1.807, 2.05) is 12.2 Å². The van der Waals surface area contributed by atoms with Crippen molar-refractivity contribution in [1.82, 2.24) is 0 Å². The standard InChI is InChI=1S/C16H20PSi.C5H5.4CH3.ClH.Cr/c1-13-5-9-15(10-6-13)17(18(3)4)16-11-7-14(2)8-12-16;1-2-4-5-3-1;;;;;;/h5-12H,1-4H3;1-3H,4H2;4*1H3;1H;/q;5*-1;;+5. The summed E-state index contributed by atoms with van der Waals surface area (Å²) in [7, 11) is -0.471. The number of aryl methyl sites for hydroxylation is 2. The van der Waals surface area contributed by atoms with Crippen LogP contribution in [0.15, 0.2) is 66.8 Å². The first kappa shape index (κ1) is 38.9. The van der Waals surface area contributed by atoms with Gasteiger partial charge < -0.3 is 29.7 Å². The van der Waals surface area contributed by atoms with Crippen LogP contribution in [0.2, 0.25) is 13.1 Å². The van der Waals surface area contributed by atoms with Crippen LogP contribution in [0.5, 0.6) is 0 Å². The van der Waals surface area contributed by atoms with E-state index in [1.54, 1.807) is 0 Å². The number of hydrogen-bond acceptors (Lipinski definition) is 0. The summed E-state index contributed by atoms with van der Waals surface area (Å²) in [6, 6.07) is 18.2. The van der Waals surface area contributed by atoms with E-state index in [-0.39, 0.29) is 75.4 Å². The van der Waals surface area contributed by atoms with E-state index in [0.29, 0.717) is 0 Å². The molecule has 0 atom stereocenters. The SMILES string of the molecule is Cc1ccc(P(c2ccc(C)cc2)[Si](C)C)cc1.Cl.[C-]1=CC=CC1.[CH3-].[CH3-].[CH3-].[CH3-].[Cr+5]. The van der Waals surface area contributed by atoms with E-state index in [2.05, 4.69) is 87.6 Å². The molecule has 3 rings (SSSR count). The Labute approximate surface area is 202 Å². The van der Waals surface area contributed by atoms with Crippen molar-refractivity contribution in [2.24, 2.45) is 0 Å². The van der Waals surface area contributed by atoms with Crippen molar-refractivity contribution in [1.29, 1.82) is 0 Å². The molecule has 0 aromatic heterocycles. The predicted molar refractivity (Wildman–Crippen MR) is 141 cm³/mol. The van der Waals surface area contributed by atoms with Crippen molar-refractivity contribution in [3.05, 3.63) is 114 Å². The van der Waals surface area contributed by atoms with Crippen LogP contribution < -0.4 is 10.6 Å². The zero-order valence-corrected chi connectivity index (χ0v) is 23.3. The zero-order chi connectivity index (χ0) is 16.7. The molecule has 160 valence electrons. The van der Waals surface area contributed by atoms with Crippen LogP contribution in [0.1, 0.15) is 17.5 Å². The number of hydrogen-bond donors (Lipinski definition) is 0. The first-order valence-corrected chi connectivity index (χ1v) is 12.7. The zero-order valence-electron chi connectivity index (χ0n) is 19.3. The van der Waals surface area contributed by atoms with Gasteiger partial charge in [-0.3, -0.25) is 6.08 Å². The predicted octanol–water partition coefficient (Wildman–Crippen LogP) is 7.51. The molecule has 0 saturated carbocycles. The summed E-state index contributed by atoms with van der Waals surface area (Å²) >= 11 is 0. The maximum Gasteiger partial charge on any atom is 5.00 e. The van der Waals surface area contributed by atoms with Gasteiger partial charge in [0.15, 0.2) is 0 Å². The van der Waals surface area contributed by atoms with Crippen LogP contribution in [0.4, 0.5) is 0 Å². The normalized spacial score (nSPS) is 10.0. The van der Waals surface area contributed by atoms with Crippen LogP contribution >= 0.6 is 19.9 Å². The van der Waals surface area contributed by atoms with Crippen molar-refractivity contribution >= 4 is 38.9 Å². The summed E-state index contributed by atoms with van der Waals surface area (Å²) in [4.78, 5) is 0. The summed E-state index contributed by atoms with van der Waals surface area (Å²) in [5.74, 6) is 0. The minimum atomic E-state index is -0.338. The topological polar surface area (TPSA) is 0 Å². The van der Waals surface area contributed by atoms with E-state index in [1.165, 1.54) is 21.7 Å². The van der Waals surface area contributed by atoms with Crippen molar-refractivity contribution in [2.45, 2.75) is 33.4 Å². The molecule has 0 bridgehead atoms. The first-order valence-electron chi connectivity index (χ1n) is 8.03. The molecule has 0 aliphatic heterocycles. The largest absolute Gasteiger partial charge is 5.00 e. The molecular formula is C25H38ClCrPSi. The second-order valence-corrected chi connectivity index (χ2v) is 13.6. The summed E-state index contributed by atoms with van der Waals surface area (Å²) < 4.78 is 0. The minimum Gasteiger partial charge on any atom is -0.358 e. The van der Waals surface area contributed by atoms with E-state index >= 15 is 0 Å². The molecule has 2 aromatic carbocycles.